The molecule has 3 rings (SSSR count). The summed E-state index contributed by atoms with van der Waals surface area (Å²) in [5.41, 5.74) is 2.59. The number of nitrogens with zero attached hydrogens (tertiary/aromatic N) is 1. The summed E-state index contributed by atoms with van der Waals surface area (Å²) in [5, 5.41) is 4.51. The van der Waals surface area contributed by atoms with Gasteiger partial charge in [-0.25, -0.2) is 0 Å². The molecule has 0 aromatic heterocycles. The molecule has 0 bridgehead atoms. The van der Waals surface area contributed by atoms with Gasteiger partial charge in [-0.15, -0.1) is 0 Å². The van der Waals surface area contributed by atoms with E-state index in [9.17, 15) is 0 Å². The first kappa shape index (κ1) is 14.2. The van der Waals surface area contributed by atoms with Crippen molar-refractivity contribution in [1.29, 1.82) is 0 Å². The van der Waals surface area contributed by atoms with Crippen LogP contribution in [0.4, 0.5) is 5.69 Å². The van der Waals surface area contributed by atoms with Gasteiger partial charge in [0, 0.05) is 25.7 Å². The molecule has 0 heterocycles. The van der Waals surface area contributed by atoms with Crippen molar-refractivity contribution in [1.82, 2.24) is 5.32 Å². The van der Waals surface area contributed by atoms with Crippen LogP contribution in [0.2, 0.25) is 5.02 Å². The van der Waals surface area contributed by atoms with E-state index in [4.69, 9.17) is 11.6 Å². The summed E-state index contributed by atoms with van der Waals surface area (Å²) in [7, 11) is 2.22. The Balaban J connectivity index is 1.77. The van der Waals surface area contributed by atoms with Crippen molar-refractivity contribution in [2.75, 3.05) is 11.9 Å². The van der Waals surface area contributed by atoms with Crippen LogP contribution in [0.25, 0.3) is 0 Å². The van der Waals surface area contributed by atoms with Crippen LogP contribution in [0, 0.1) is 0 Å². The first-order valence-electron chi connectivity index (χ1n) is 7.99. The van der Waals surface area contributed by atoms with Crippen LogP contribution in [0.1, 0.15) is 50.5 Å². The van der Waals surface area contributed by atoms with Crippen molar-refractivity contribution in [3.63, 3.8) is 0 Å². The molecule has 0 spiro atoms. The van der Waals surface area contributed by atoms with Gasteiger partial charge in [0.05, 0.1) is 10.7 Å². The topological polar surface area (TPSA) is 15.3 Å². The number of hydrogen-bond donors (Lipinski definition) is 1. The lowest BCUT2D eigenvalue weighted by Crippen LogP contribution is -2.34. The summed E-state index contributed by atoms with van der Waals surface area (Å²) in [6, 6.07) is 7.71. The third-order valence-corrected chi connectivity index (χ3v) is 5.01. The Labute approximate surface area is 127 Å². The fraction of sp³-hybridized carbons (Fsp3) is 0.647. The Morgan fingerprint density at radius 1 is 1.15 bits per heavy atom. The maximum atomic E-state index is 6.50. The quantitative estimate of drug-likeness (QED) is 0.867. The summed E-state index contributed by atoms with van der Waals surface area (Å²) >= 11 is 6.50. The molecule has 0 amide bonds. The standard InChI is InChI=1S/C17H25ClN2/c1-20(15-7-3-2-4-8-15)17-13(6-5-9-16(17)18)12-19-14-10-11-14/h5-6,9,14-15,19H,2-4,7-8,10-12H2,1H3. The van der Waals surface area contributed by atoms with E-state index in [1.807, 2.05) is 6.07 Å². The zero-order valence-electron chi connectivity index (χ0n) is 12.4. The minimum atomic E-state index is 0.656. The highest BCUT2D eigenvalue weighted by atomic mass is 35.5. The van der Waals surface area contributed by atoms with E-state index in [1.54, 1.807) is 0 Å². The first-order chi connectivity index (χ1) is 9.75. The Bertz CT molecular complexity index is 450. The maximum absolute atomic E-state index is 6.50. The van der Waals surface area contributed by atoms with E-state index in [1.165, 1.54) is 56.2 Å². The lowest BCUT2D eigenvalue weighted by molar-refractivity contribution is 0.427. The van der Waals surface area contributed by atoms with Crippen molar-refractivity contribution < 1.29 is 0 Å². The van der Waals surface area contributed by atoms with E-state index >= 15 is 0 Å². The Morgan fingerprint density at radius 3 is 2.60 bits per heavy atom. The molecule has 0 atom stereocenters. The highest BCUT2D eigenvalue weighted by Gasteiger charge is 2.24. The van der Waals surface area contributed by atoms with Gasteiger partial charge in [-0.05, 0) is 37.3 Å². The van der Waals surface area contributed by atoms with Crippen LogP contribution >= 0.6 is 11.6 Å². The molecule has 110 valence electrons. The van der Waals surface area contributed by atoms with E-state index in [0.717, 1.165) is 17.6 Å². The van der Waals surface area contributed by atoms with Gasteiger partial charge in [-0.2, -0.15) is 0 Å². The van der Waals surface area contributed by atoms with Gasteiger partial charge in [0.25, 0.3) is 0 Å². The average molecular weight is 293 g/mol. The molecule has 20 heavy (non-hydrogen) atoms. The number of hydrogen-bond acceptors (Lipinski definition) is 2. The molecule has 0 aliphatic heterocycles. The number of benzene rings is 1. The van der Waals surface area contributed by atoms with Crippen molar-refractivity contribution in [2.45, 2.75) is 63.6 Å². The summed E-state index contributed by atoms with van der Waals surface area (Å²) in [6.07, 6.45) is 9.37. The fourth-order valence-corrected chi connectivity index (χ4v) is 3.62. The Kier molecular flexibility index (Phi) is 4.52. The summed E-state index contributed by atoms with van der Waals surface area (Å²) in [5.74, 6) is 0. The molecule has 2 aliphatic carbocycles. The number of anilines is 1. The van der Waals surface area contributed by atoms with E-state index in [-0.39, 0.29) is 0 Å². The largest absolute Gasteiger partial charge is 0.370 e. The van der Waals surface area contributed by atoms with Crippen LogP contribution in [0.3, 0.4) is 0 Å². The minimum Gasteiger partial charge on any atom is -0.370 e. The van der Waals surface area contributed by atoms with Crippen LogP contribution < -0.4 is 10.2 Å². The van der Waals surface area contributed by atoms with E-state index in [2.05, 4.69) is 29.4 Å². The third kappa shape index (κ3) is 3.29. The smallest absolute Gasteiger partial charge is 0.0642 e. The van der Waals surface area contributed by atoms with Gasteiger partial charge in [0.15, 0.2) is 0 Å². The van der Waals surface area contributed by atoms with Crippen LogP contribution in [0.5, 0.6) is 0 Å². The summed E-state index contributed by atoms with van der Waals surface area (Å²) in [6.45, 7) is 0.942. The molecule has 2 fully saturated rings. The van der Waals surface area contributed by atoms with Crippen molar-refractivity contribution in [3.8, 4) is 0 Å². The second kappa shape index (κ2) is 6.36. The minimum absolute atomic E-state index is 0.656. The molecular formula is C17H25ClN2. The second-order valence-corrected chi connectivity index (χ2v) is 6.71. The lowest BCUT2D eigenvalue weighted by Gasteiger charge is -2.35. The average Bonchev–Trinajstić information content (AvgIpc) is 3.30. The second-order valence-electron chi connectivity index (χ2n) is 6.31. The Hall–Kier alpha value is -0.730. The Morgan fingerprint density at radius 2 is 1.90 bits per heavy atom. The van der Waals surface area contributed by atoms with Gasteiger partial charge < -0.3 is 10.2 Å². The molecule has 1 aromatic rings. The van der Waals surface area contributed by atoms with E-state index in [0.29, 0.717) is 6.04 Å². The predicted molar refractivity (Wildman–Crippen MR) is 86.6 cm³/mol. The van der Waals surface area contributed by atoms with Crippen LogP contribution in [-0.4, -0.2) is 19.1 Å². The lowest BCUT2D eigenvalue weighted by atomic mass is 9.93. The molecule has 2 saturated carbocycles. The predicted octanol–water partition coefficient (Wildman–Crippen LogP) is 4.36. The molecule has 2 nitrogen and oxygen atoms in total. The number of rotatable bonds is 5. The normalized spacial score (nSPS) is 20.1. The summed E-state index contributed by atoms with van der Waals surface area (Å²) in [4.78, 5) is 2.44. The van der Waals surface area contributed by atoms with Crippen molar-refractivity contribution >= 4 is 17.3 Å². The zero-order valence-corrected chi connectivity index (χ0v) is 13.1. The maximum Gasteiger partial charge on any atom is 0.0642 e. The van der Waals surface area contributed by atoms with Crippen LogP contribution in [-0.2, 0) is 6.54 Å². The van der Waals surface area contributed by atoms with Crippen LogP contribution in [0.15, 0.2) is 18.2 Å². The van der Waals surface area contributed by atoms with E-state index < -0.39 is 0 Å². The summed E-state index contributed by atoms with van der Waals surface area (Å²) < 4.78 is 0. The molecule has 3 heteroatoms. The molecule has 2 aliphatic rings. The molecule has 0 unspecified atom stereocenters. The highest BCUT2D eigenvalue weighted by molar-refractivity contribution is 6.33. The molecule has 0 radical (unpaired) electrons. The van der Waals surface area contributed by atoms with Gasteiger partial charge in [-0.1, -0.05) is 43.0 Å². The van der Waals surface area contributed by atoms with Gasteiger partial charge in [0.1, 0.15) is 0 Å². The van der Waals surface area contributed by atoms with Gasteiger partial charge in [0.2, 0.25) is 0 Å². The molecular weight excluding hydrogens is 268 g/mol. The van der Waals surface area contributed by atoms with Crippen molar-refractivity contribution in [3.05, 3.63) is 28.8 Å². The van der Waals surface area contributed by atoms with Gasteiger partial charge >= 0.3 is 0 Å². The number of halogens is 1. The molecule has 0 saturated heterocycles. The number of para-hydroxylation sites is 1. The highest BCUT2D eigenvalue weighted by Crippen LogP contribution is 2.34. The molecule has 1 N–H and O–H groups in total. The monoisotopic (exact) mass is 292 g/mol. The third-order valence-electron chi connectivity index (χ3n) is 4.70. The van der Waals surface area contributed by atoms with Gasteiger partial charge in [-0.3, -0.25) is 0 Å². The molecule has 1 aromatic carbocycles. The zero-order chi connectivity index (χ0) is 13.9. The fourth-order valence-electron chi connectivity index (χ4n) is 3.29. The SMILES string of the molecule is CN(c1c(Cl)cccc1CNC1CC1)C1CCCCC1. The van der Waals surface area contributed by atoms with Crippen molar-refractivity contribution in [2.24, 2.45) is 0 Å². The first-order valence-corrected chi connectivity index (χ1v) is 8.37. The number of nitrogens with one attached hydrogen (secondary N) is 1.